The smallest absolute Gasteiger partial charge is 0.328 e. The summed E-state index contributed by atoms with van der Waals surface area (Å²) in [6.45, 7) is 0. The maximum atomic E-state index is 9.97. The predicted molar refractivity (Wildman–Crippen MR) is 70.8 cm³/mol. The second kappa shape index (κ2) is 8.15. The Morgan fingerprint density at radius 2 is 1.25 bits per heavy atom. The van der Waals surface area contributed by atoms with E-state index in [0.29, 0.717) is 11.5 Å². The lowest BCUT2D eigenvalue weighted by atomic mass is 10.4. The van der Waals surface area contributed by atoms with E-state index in [0.717, 1.165) is 12.2 Å². The van der Waals surface area contributed by atoms with Gasteiger partial charge in [-0.05, 0) is 36.4 Å². The average molecular weight is 276 g/mol. The number of aliphatic carboxylic acids is 2. The van der Waals surface area contributed by atoms with Gasteiger partial charge < -0.3 is 19.0 Å². The van der Waals surface area contributed by atoms with Crippen LogP contribution in [0.1, 0.15) is 11.5 Å². The maximum Gasteiger partial charge on any atom is 0.328 e. The number of carboxylic acid groups (broad SMARTS) is 2. The third kappa shape index (κ3) is 6.65. The van der Waals surface area contributed by atoms with E-state index in [-0.39, 0.29) is 0 Å². The summed E-state index contributed by atoms with van der Waals surface area (Å²) in [7, 11) is 0. The Morgan fingerprint density at radius 3 is 1.50 bits per heavy atom. The van der Waals surface area contributed by atoms with Crippen molar-refractivity contribution in [2.75, 3.05) is 0 Å². The van der Waals surface area contributed by atoms with E-state index >= 15 is 0 Å². The van der Waals surface area contributed by atoms with Crippen LogP contribution in [0.2, 0.25) is 0 Å². The van der Waals surface area contributed by atoms with Gasteiger partial charge in [-0.2, -0.15) is 0 Å². The van der Waals surface area contributed by atoms with Crippen LogP contribution in [0.15, 0.2) is 57.8 Å². The highest BCUT2D eigenvalue weighted by Crippen LogP contribution is 2.01. The summed E-state index contributed by atoms with van der Waals surface area (Å²) in [6.07, 6.45) is 7.81. The fourth-order valence-electron chi connectivity index (χ4n) is 1.08. The third-order valence-electron chi connectivity index (χ3n) is 1.87. The van der Waals surface area contributed by atoms with Crippen molar-refractivity contribution < 1.29 is 28.6 Å². The minimum Gasteiger partial charge on any atom is -0.478 e. The van der Waals surface area contributed by atoms with Gasteiger partial charge in [0.15, 0.2) is 0 Å². The van der Waals surface area contributed by atoms with Crippen molar-refractivity contribution in [3.05, 3.63) is 60.5 Å². The van der Waals surface area contributed by atoms with Crippen molar-refractivity contribution in [3.8, 4) is 0 Å². The monoisotopic (exact) mass is 276 g/mol. The Balaban J connectivity index is 0.000000200. The van der Waals surface area contributed by atoms with Gasteiger partial charge in [-0.25, -0.2) is 9.59 Å². The molecule has 0 bridgehead atoms. The van der Waals surface area contributed by atoms with E-state index in [1.54, 1.807) is 24.3 Å². The molecule has 0 radical (unpaired) electrons. The molecule has 2 rings (SSSR count). The first kappa shape index (κ1) is 15.0. The molecule has 0 aliphatic carbocycles. The van der Waals surface area contributed by atoms with Gasteiger partial charge in [-0.3, -0.25) is 0 Å². The molecule has 0 amide bonds. The highest BCUT2D eigenvalue weighted by atomic mass is 16.4. The van der Waals surface area contributed by atoms with E-state index < -0.39 is 11.9 Å². The summed E-state index contributed by atoms with van der Waals surface area (Å²) in [4.78, 5) is 19.9. The van der Waals surface area contributed by atoms with Gasteiger partial charge in [0.2, 0.25) is 0 Å². The van der Waals surface area contributed by atoms with Gasteiger partial charge >= 0.3 is 11.9 Å². The van der Waals surface area contributed by atoms with Crippen LogP contribution in [0.3, 0.4) is 0 Å². The number of carboxylic acids is 2. The summed E-state index contributed by atoms with van der Waals surface area (Å²) in [5.74, 6) is -0.863. The molecule has 0 saturated heterocycles. The molecule has 0 unspecified atom stereocenters. The highest BCUT2D eigenvalue weighted by molar-refractivity contribution is 5.85. The molecule has 2 aromatic rings. The summed E-state index contributed by atoms with van der Waals surface area (Å²) in [5.41, 5.74) is 0. The summed E-state index contributed by atoms with van der Waals surface area (Å²) in [6, 6.07) is 6.75. The number of carbonyl (C=O) groups is 2. The molecule has 104 valence electrons. The minimum absolute atomic E-state index is 0.544. The topological polar surface area (TPSA) is 101 Å². The molecule has 6 nitrogen and oxygen atoms in total. The molecule has 2 aromatic heterocycles. The van der Waals surface area contributed by atoms with Crippen LogP contribution in [-0.2, 0) is 9.59 Å². The van der Waals surface area contributed by atoms with E-state index in [1.807, 2.05) is 0 Å². The Morgan fingerprint density at radius 1 is 0.850 bits per heavy atom. The molecule has 0 aromatic carbocycles. The first-order valence-corrected chi connectivity index (χ1v) is 5.47. The van der Waals surface area contributed by atoms with Gasteiger partial charge in [0.05, 0.1) is 12.5 Å². The lowest BCUT2D eigenvalue weighted by molar-refractivity contribution is -0.132. The Hall–Kier alpha value is -3.02. The van der Waals surface area contributed by atoms with Crippen LogP contribution in [0.4, 0.5) is 0 Å². The zero-order chi connectivity index (χ0) is 14.8. The number of hydrogen-bond donors (Lipinski definition) is 2. The van der Waals surface area contributed by atoms with Crippen molar-refractivity contribution >= 4 is 24.1 Å². The summed E-state index contributed by atoms with van der Waals surface area (Å²) >= 11 is 0. The first-order valence-electron chi connectivity index (χ1n) is 5.47. The van der Waals surface area contributed by atoms with Crippen molar-refractivity contribution in [1.82, 2.24) is 0 Å². The Labute approximate surface area is 114 Å². The fraction of sp³-hybridized carbons (Fsp3) is 0. The first-order chi connectivity index (χ1) is 9.58. The quantitative estimate of drug-likeness (QED) is 0.832. The predicted octanol–water partition coefficient (Wildman–Crippen LogP) is 2.75. The normalized spacial score (nSPS) is 10.4. The van der Waals surface area contributed by atoms with Gasteiger partial charge in [0.25, 0.3) is 0 Å². The van der Waals surface area contributed by atoms with Gasteiger partial charge in [0.1, 0.15) is 11.5 Å². The molecular weight excluding hydrogens is 264 g/mol. The van der Waals surface area contributed by atoms with E-state index in [4.69, 9.17) is 19.0 Å². The molecule has 0 saturated carbocycles. The second-order valence-corrected chi connectivity index (χ2v) is 3.37. The number of rotatable bonds is 4. The molecule has 0 aliphatic rings. The number of furan rings is 2. The molecule has 6 heteroatoms. The molecule has 2 heterocycles. The maximum absolute atomic E-state index is 9.97. The van der Waals surface area contributed by atoms with Crippen molar-refractivity contribution in [2.24, 2.45) is 0 Å². The van der Waals surface area contributed by atoms with E-state index in [2.05, 4.69) is 0 Å². The minimum atomic E-state index is -0.976. The van der Waals surface area contributed by atoms with Crippen LogP contribution >= 0.6 is 0 Å². The van der Waals surface area contributed by atoms with Crippen LogP contribution < -0.4 is 0 Å². The van der Waals surface area contributed by atoms with Gasteiger partial charge in [-0.15, -0.1) is 0 Å². The lowest BCUT2D eigenvalue weighted by Crippen LogP contribution is -1.84. The Bertz CT molecular complexity index is 521. The van der Waals surface area contributed by atoms with Gasteiger partial charge in [0, 0.05) is 12.2 Å². The highest BCUT2D eigenvalue weighted by Gasteiger charge is 1.89. The largest absolute Gasteiger partial charge is 0.478 e. The van der Waals surface area contributed by atoms with Crippen molar-refractivity contribution in [1.29, 1.82) is 0 Å². The van der Waals surface area contributed by atoms with Crippen LogP contribution in [0, 0.1) is 0 Å². The lowest BCUT2D eigenvalue weighted by Gasteiger charge is -1.79. The number of hydrogen-bond acceptors (Lipinski definition) is 4. The van der Waals surface area contributed by atoms with Crippen molar-refractivity contribution in [2.45, 2.75) is 0 Å². The van der Waals surface area contributed by atoms with Crippen LogP contribution in [-0.4, -0.2) is 22.2 Å². The average Bonchev–Trinajstić information content (AvgIpc) is 3.08. The second-order valence-electron chi connectivity index (χ2n) is 3.37. The molecular formula is C14H12O6. The molecule has 0 spiro atoms. The standard InChI is InChI=1S/2C7H6O3/c2*8-7(9)4-3-6-2-1-5-10-6/h2*1-5H,(H,8,9). The van der Waals surface area contributed by atoms with E-state index in [1.165, 1.54) is 24.7 Å². The van der Waals surface area contributed by atoms with Crippen LogP contribution in [0.25, 0.3) is 12.2 Å². The molecule has 0 atom stereocenters. The fourth-order valence-corrected chi connectivity index (χ4v) is 1.08. The SMILES string of the molecule is O=C(O)C=Cc1ccco1.O=C(O)C=Cc1ccco1. The summed E-state index contributed by atoms with van der Waals surface area (Å²) in [5, 5.41) is 16.4. The van der Waals surface area contributed by atoms with E-state index in [9.17, 15) is 9.59 Å². The molecule has 20 heavy (non-hydrogen) atoms. The zero-order valence-electron chi connectivity index (χ0n) is 10.3. The molecule has 0 fully saturated rings. The van der Waals surface area contributed by atoms with Gasteiger partial charge in [-0.1, -0.05) is 0 Å². The van der Waals surface area contributed by atoms with Crippen molar-refractivity contribution in [3.63, 3.8) is 0 Å². The van der Waals surface area contributed by atoms with Crippen LogP contribution in [0.5, 0.6) is 0 Å². The summed E-state index contributed by atoms with van der Waals surface area (Å²) < 4.78 is 9.67. The third-order valence-corrected chi connectivity index (χ3v) is 1.87. The molecule has 2 N–H and O–H groups in total. The zero-order valence-corrected chi connectivity index (χ0v) is 10.3. The molecule has 0 aliphatic heterocycles. The Kier molecular flexibility index (Phi) is 6.13.